The molecule has 4 nitrogen and oxygen atoms in total. The number of methoxy groups -OCH3 is 1. The van der Waals surface area contributed by atoms with E-state index in [0.29, 0.717) is 18.7 Å². The largest absolute Gasteiger partial charge is 0.506 e. The van der Waals surface area contributed by atoms with Crippen LogP contribution in [0.15, 0.2) is 18.2 Å². The van der Waals surface area contributed by atoms with E-state index in [1.807, 2.05) is 6.92 Å². The zero-order valence-corrected chi connectivity index (χ0v) is 10.6. The second-order valence-corrected chi connectivity index (χ2v) is 4.34. The zero-order chi connectivity index (χ0) is 12.8. The molecule has 2 N–H and O–H groups in total. The topological polar surface area (TPSA) is 58.6 Å². The average molecular weight is 258 g/mol. The summed E-state index contributed by atoms with van der Waals surface area (Å²) in [6, 6.07) is 4.36. The Kier molecular flexibility index (Phi) is 5.25. The predicted octanol–water partition coefficient (Wildman–Crippen LogP) is 2.06. The number of benzene rings is 1. The van der Waals surface area contributed by atoms with Gasteiger partial charge in [0.1, 0.15) is 5.75 Å². The van der Waals surface area contributed by atoms with Gasteiger partial charge < -0.3 is 15.2 Å². The van der Waals surface area contributed by atoms with Crippen LogP contribution in [0.5, 0.6) is 5.75 Å². The van der Waals surface area contributed by atoms with Gasteiger partial charge in [0.2, 0.25) is 0 Å². The minimum Gasteiger partial charge on any atom is -0.506 e. The number of halogens is 1. The van der Waals surface area contributed by atoms with Gasteiger partial charge in [-0.2, -0.15) is 0 Å². The number of hydrogen-bond acceptors (Lipinski definition) is 3. The van der Waals surface area contributed by atoms with Crippen molar-refractivity contribution in [2.45, 2.75) is 6.92 Å². The number of rotatable bonds is 5. The minimum absolute atomic E-state index is 0.0315. The molecule has 1 unspecified atom stereocenters. The molecule has 0 saturated heterocycles. The van der Waals surface area contributed by atoms with Crippen LogP contribution in [0, 0.1) is 5.92 Å². The summed E-state index contributed by atoms with van der Waals surface area (Å²) in [5.74, 6) is 0.00218. The van der Waals surface area contributed by atoms with Gasteiger partial charge in [0.05, 0.1) is 11.6 Å². The molecule has 0 spiro atoms. The standard InChI is InChI=1S/C12H16ClNO3/c1-8(7-17-2)6-14-12(16)9-3-4-11(15)10(13)5-9/h3-5,8,15H,6-7H2,1-2H3,(H,14,16). The molecule has 0 radical (unpaired) electrons. The SMILES string of the molecule is COCC(C)CNC(=O)c1ccc(O)c(Cl)c1. The maximum absolute atomic E-state index is 11.7. The number of carbonyl (C=O) groups is 1. The molecule has 1 rings (SSSR count). The van der Waals surface area contributed by atoms with Gasteiger partial charge in [-0.05, 0) is 24.1 Å². The van der Waals surface area contributed by atoms with Crippen LogP contribution in [0.3, 0.4) is 0 Å². The lowest BCUT2D eigenvalue weighted by molar-refractivity contribution is 0.0934. The van der Waals surface area contributed by atoms with Gasteiger partial charge in [0, 0.05) is 19.2 Å². The third kappa shape index (κ3) is 4.24. The second kappa shape index (κ2) is 6.47. The highest BCUT2D eigenvalue weighted by Crippen LogP contribution is 2.23. The predicted molar refractivity (Wildman–Crippen MR) is 66.5 cm³/mol. The molecule has 0 aliphatic rings. The molecule has 5 heteroatoms. The van der Waals surface area contributed by atoms with Gasteiger partial charge in [-0.1, -0.05) is 18.5 Å². The fraction of sp³-hybridized carbons (Fsp3) is 0.417. The van der Waals surface area contributed by atoms with Gasteiger partial charge in [0.25, 0.3) is 5.91 Å². The molecule has 1 aromatic rings. The lowest BCUT2D eigenvalue weighted by atomic mass is 10.1. The summed E-state index contributed by atoms with van der Waals surface area (Å²) in [5, 5.41) is 12.2. The molecule has 1 atom stereocenters. The Bertz CT molecular complexity index is 395. The first-order valence-electron chi connectivity index (χ1n) is 5.30. The highest BCUT2D eigenvalue weighted by atomic mass is 35.5. The van der Waals surface area contributed by atoms with E-state index in [0.717, 1.165) is 0 Å². The van der Waals surface area contributed by atoms with E-state index in [1.54, 1.807) is 7.11 Å². The molecule has 0 aliphatic heterocycles. The van der Waals surface area contributed by atoms with Crippen molar-refractivity contribution in [3.8, 4) is 5.75 Å². The monoisotopic (exact) mass is 257 g/mol. The van der Waals surface area contributed by atoms with E-state index in [1.165, 1.54) is 18.2 Å². The van der Waals surface area contributed by atoms with E-state index in [-0.39, 0.29) is 22.6 Å². The van der Waals surface area contributed by atoms with Crippen LogP contribution in [0.25, 0.3) is 0 Å². The number of aromatic hydroxyl groups is 1. The summed E-state index contributed by atoms with van der Waals surface area (Å²) < 4.78 is 4.97. The minimum atomic E-state index is -0.213. The van der Waals surface area contributed by atoms with E-state index >= 15 is 0 Å². The van der Waals surface area contributed by atoms with Crippen LogP contribution >= 0.6 is 11.6 Å². The number of carbonyl (C=O) groups excluding carboxylic acids is 1. The lowest BCUT2D eigenvalue weighted by Gasteiger charge is -2.11. The first kappa shape index (κ1) is 13.8. The number of ether oxygens (including phenoxy) is 1. The second-order valence-electron chi connectivity index (χ2n) is 3.94. The van der Waals surface area contributed by atoms with Crippen molar-refractivity contribution in [1.82, 2.24) is 5.32 Å². The average Bonchev–Trinajstić information content (AvgIpc) is 2.30. The Morgan fingerprint density at radius 2 is 2.29 bits per heavy atom. The molecule has 0 aromatic heterocycles. The van der Waals surface area contributed by atoms with Crippen LogP contribution in [0.4, 0.5) is 0 Å². The van der Waals surface area contributed by atoms with Crippen LogP contribution < -0.4 is 5.32 Å². The summed E-state index contributed by atoms with van der Waals surface area (Å²) in [7, 11) is 1.62. The fourth-order valence-electron chi connectivity index (χ4n) is 1.36. The van der Waals surface area contributed by atoms with Crippen LogP contribution in [0.1, 0.15) is 17.3 Å². The van der Waals surface area contributed by atoms with Crippen LogP contribution in [0.2, 0.25) is 5.02 Å². The Hall–Kier alpha value is -1.26. The number of nitrogens with one attached hydrogen (secondary N) is 1. The maximum atomic E-state index is 11.7. The Balaban J connectivity index is 2.55. The van der Waals surface area contributed by atoms with E-state index in [4.69, 9.17) is 16.3 Å². The van der Waals surface area contributed by atoms with E-state index in [2.05, 4.69) is 5.32 Å². The number of phenols is 1. The Labute approximate surface area is 106 Å². The molecular weight excluding hydrogens is 242 g/mol. The third-order valence-electron chi connectivity index (χ3n) is 2.27. The van der Waals surface area contributed by atoms with Crippen molar-refractivity contribution < 1.29 is 14.6 Å². The molecule has 1 amide bonds. The molecule has 0 saturated carbocycles. The van der Waals surface area contributed by atoms with Crippen LogP contribution in [-0.4, -0.2) is 31.3 Å². The molecule has 0 fully saturated rings. The maximum Gasteiger partial charge on any atom is 0.251 e. The van der Waals surface area contributed by atoms with Crippen molar-refractivity contribution in [3.63, 3.8) is 0 Å². The number of hydrogen-bond donors (Lipinski definition) is 2. The van der Waals surface area contributed by atoms with Gasteiger partial charge in [-0.3, -0.25) is 4.79 Å². The summed E-state index contributed by atoms with van der Waals surface area (Å²) in [6.07, 6.45) is 0. The van der Waals surface area contributed by atoms with Crippen molar-refractivity contribution in [2.24, 2.45) is 5.92 Å². The molecule has 94 valence electrons. The normalized spacial score (nSPS) is 12.2. The van der Waals surface area contributed by atoms with Gasteiger partial charge >= 0.3 is 0 Å². The fourth-order valence-corrected chi connectivity index (χ4v) is 1.54. The van der Waals surface area contributed by atoms with Gasteiger partial charge in [-0.15, -0.1) is 0 Å². The van der Waals surface area contributed by atoms with Crippen molar-refractivity contribution >= 4 is 17.5 Å². The number of amides is 1. The van der Waals surface area contributed by atoms with Gasteiger partial charge in [-0.25, -0.2) is 0 Å². The smallest absolute Gasteiger partial charge is 0.251 e. The molecular formula is C12H16ClNO3. The zero-order valence-electron chi connectivity index (χ0n) is 9.87. The van der Waals surface area contributed by atoms with Crippen LogP contribution in [-0.2, 0) is 4.74 Å². The van der Waals surface area contributed by atoms with Crippen molar-refractivity contribution in [1.29, 1.82) is 0 Å². The summed E-state index contributed by atoms with van der Waals surface area (Å²) >= 11 is 5.72. The molecule has 0 heterocycles. The summed E-state index contributed by atoms with van der Waals surface area (Å²) in [5.41, 5.74) is 0.428. The van der Waals surface area contributed by atoms with Crippen molar-refractivity contribution in [3.05, 3.63) is 28.8 Å². The first-order valence-corrected chi connectivity index (χ1v) is 5.68. The third-order valence-corrected chi connectivity index (χ3v) is 2.57. The first-order chi connectivity index (χ1) is 8.04. The quantitative estimate of drug-likeness (QED) is 0.849. The van der Waals surface area contributed by atoms with Gasteiger partial charge in [0.15, 0.2) is 0 Å². The summed E-state index contributed by atoms with van der Waals surface area (Å²) in [6.45, 7) is 3.11. The lowest BCUT2D eigenvalue weighted by Crippen LogP contribution is -2.29. The van der Waals surface area contributed by atoms with E-state index < -0.39 is 0 Å². The Morgan fingerprint density at radius 3 is 2.88 bits per heavy atom. The number of phenolic OH excluding ortho intramolecular Hbond substituents is 1. The Morgan fingerprint density at radius 1 is 1.59 bits per heavy atom. The molecule has 0 bridgehead atoms. The molecule has 17 heavy (non-hydrogen) atoms. The summed E-state index contributed by atoms with van der Waals surface area (Å²) in [4.78, 5) is 11.7. The highest BCUT2D eigenvalue weighted by Gasteiger charge is 2.09. The van der Waals surface area contributed by atoms with Crippen molar-refractivity contribution in [2.75, 3.05) is 20.3 Å². The molecule has 1 aromatic carbocycles. The van der Waals surface area contributed by atoms with E-state index in [9.17, 15) is 9.90 Å². The molecule has 0 aliphatic carbocycles. The highest BCUT2D eigenvalue weighted by molar-refractivity contribution is 6.32.